The Bertz CT molecular complexity index is 1270. The van der Waals surface area contributed by atoms with Crippen molar-refractivity contribution in [2.45, 2.75) is 31.0 Å². The molecule has 0 spiro atoms. The molecule has 1 aliphatic heterocycles. The first kappa shape index (κ1) is 23.6. The molecule has 32 heavy (non-hydrogen) atoms. The van der Waals surface area contributed by atoms with Gasteiger partial charge in [0.15, 0.2) is 0 Å². The molecule has 0 aliphatic carbocycles. The summed E-state index contributed by atoms with van der Waals surface area (Å²) in [6, 6.07) is 11.0. The molecule has 0 unspecified atom stereocenters. The normalized spacial score (nSPS) is 13.8. The maximum Gasteiger partial charge on any atom is 0.490 e. The van der Waals surface area contributed by atoms with Gasteiger partial charge in [0.1, 0.15) is 10.6 Å². The van der Waals surface area contributed by atoms with E-state index >= 15 is 0 Å². The standard InChI is InChI=1S/C19H20N2O3S.C2HF3O2/c1-13-6-7-17(24-2)18(10-13)25(22,23)21-12-15-8-9-20-11-14-4-3-5-16(21)19(14)15;3-2(4,5)1(6)7/h3-7,10,12,20H,8-9,11H2,1-2H3;(H,6,7). The molecule has 1 aromatic heterocycles. The molecule has 172 valence electrons. The lowest BCUT2D eigenvalue weighted by molar-refractivity contribution is -0.192. The molecule has 4 rings (SSSR count). The Kier molecular flexibility index (Phi) is 6.51. The van der Waals surface area contributed by atoms with Gasteiger partial charge in [-0.2, -0.15) is 13.2 Å². The molecule has 0 atom stereocenters. The third-order valence-electron chi connectivity index (χ3n) is 4.95. The topological polar surface area (TPSA) is 97.6 Å². The molecular weight excluding hydrogens is 449 g/mol. The molecule has 0 amide bonds. The first-order valence-corrected chi connectivity index (χ1v) is 10.9. The van der Waals surface area contributed by atoms with Gasteiger partial charge in [-0.15, -0.1) is 0 Å². The molecule has 7 nitrogen and oxygen atoms in total. The molecule has 11 heteroatoms. The Labute approximate surface area is 182 Å². The van der Waals surface area contributed by atoms with Crippen molar-refractivity contribution < 1.29 is 36.2 Å². The van der Waals surface area contributed by atoms with Crippen LogP contribution in [0.4, 0.5) is 13.2 Å². The molecule has 0 bridgehead atoms. The van der Waals surface area contributed by atoms with Crippen LogP contribution in [-0.2, 0) is 27.8 Å². The van der Waals surface area contributed by atoms with Crippen molar-refractivity contribution >= 4 is 26.9 Å². The number of methoxy groups -OCH3 is 1. The number of alkyl halides is 3. The zero-order valence-corrected chi connectivity index (χ0v) is 18.0. The predicted octanol–water partition coefficient (Wildman–Crippen LogP) is 3.47. The van der Waals surface area contributed by atoms with E-state index in [2.05, 4.69) is 5.32 Å². The number of carbonyl (C=O) groups is 1. The Morgan fingerprint density at radius 3 is 2.50 bits per heavy atom. The zero-order chi connectivity index (χ0) is 23.7. The third kappa shape index (κ3) is 4.58. The molecule has 0 radical (unpaired) electrons. The molecule has 2 N–H and O–H groups in total. The van der Waals surface area contributed by atoms with Gasteiger partial charge < -0.3 is 15.2 Å². The van der Waals surface area contributed by atoms with Crippen LogP contribution in [0.15, 0.2) is 47.5 Å². The van der Waals surface area contributed by atoms with Crippen molar-refractivity contribution in [3.63, 3.8) is 0 Å². The molecule has 1 aliphatic rings. The number of hydrogen-bond acceptors (Lipinski definition) is 5. The number of rotatable bonds is 3. The fraction of sp³-hybridized carbons (Fsp3) is 0.286. The van der Waals surface area contributed by atoms with E-state index in [4.69, 9.17) is 14.6 Å². The van der Waals surface area contributed by atoms with Crippen LogP contribution >= 0.6 is 0 Å². The number of nitrogens with zero attached hydrogens (tertiary/aromatic N) is 1. The second-order valence-electron chi connectivity index (χ2n) is 7.15. The maximum atomic E-state index is 13.4. The van der Waals surface area contributed by atoms with Crippen LogP contribution in [0.25, 0.3) is 10.9 Å². The largest absolute Gasteiger partial charge is 0.495 e. The summed E-state index contributed by atoms with van der Waals surface area (Å²) in [5, 5.41) is 11.5. The summed E-state index contributed by atoms with van der Waals surface area (Å²) >= 11 is 0. The number of hydrogen-bond donors (Lipinski definition) is 2. The summed E-state index contributed by atoms with van der Waals surface area (Å²) in [6.45, 7) is 3.46. The highest BCUT2D eigenvalue weighted by Gasteiger charge is 2.38. The lowest BCUT2D eigenvalue weighted by atomic mass is 10.1. The number of carboxylic acid groups (broad SMARTS) is 1. The minimum Gasteiger partial charge on any atom is -0.495 e. The van der Waals surface area contributed by atoms with E-state index in [0.29, 0.717) is 5.75 Å². The zero-order valence-electron chi connectivity index (χ0n) is 17.2. The highest BCUT2D eigenvalue weighted by Crippen LogP contribution is 2.33. The predicted molar refractivity (Wildman–Crippen MR) is 111 cm³/mol. The van der Waals surface area contributed by atoms with Crippen molar-refractivity contribution in [1.82, 2.24) is 9.29 Å². The second kappa shape index (κ2) is 8.83. The van der Waals surface area contributed by atoms with Crippen molar-refractivity contribution in [2.24, 2.45) is 0 Å². The minimum atomic E-state index is -5.08. The van der Waals surface area contributed by atoms with Crippen molar-refractivity contribution in [1.29, 1.82) is 0 Å². The summed E-state index contributed by atoms with van der Waals surface area (Å²) in [6.07, 6.45) is -2.51. The van der Waals surface area contributed by atoms with E-state index in [-0.39, 0.29) is 4.90 Å². The first-order valence-electron chi connectivity index (χ1n) is 9.49. The quantitative estimate of drug-likeness (QED) is 0.609. The SMILES string of the molecule is COc1ccc(C)cc1S(=O)(=O)n1cc2c3c(cccc31)CNCC2.O=C(O)C(F)(F)F. The molecule has 2 heterocycles. The van der Waals surface area contributed by atoms with E-state index in [1.165, 1.54) is 11.1 Å². The average molecular weight is 470 g/mol. The van der Waals surface area contributed by atoms with E-state index in [1.807, 2.05) is 31.2 Å². The van der Waals surface area contributed by atoms with Crippen LogP contribution in [0.5, 0.6) is 5.75 Å². The number of aromatic nitrogens is 1. The van der Waals surface area contributed by atoms with Gasteiger partial charge in [-0.25, -0.2) is 17.2 Å². The number of ether oxygens (including phenoxy) is 1. The number of halogens is 3. The molecule has 2 aromatic carbocycles. The summed E-state index contributed by atoms with van der Waals surface area (Å²) in [5.74, 6) is -2.40. The lowest BCUT2D eigenvalue weighted by Gasteiger charge is -2.13. The van der Waals surface area contributed by atoms with Crippen LogP contribution in [0.1, 0.15) is 16.7 Å². The Hall–Kier alpha value is -3.05. The molecule has 0 saturated carbocycles. The minimum absolute atomic E-state index is 0.194. The van der Waals surface area contributed by atoms with Gasteiger partial charge in [0.05, 0.1) is 12.6 Å². The van der Waals surface area contributed by atoms with Crippen LogP contribution in [0.3, 0.4) is 0 Å². The fourth-order valence-electron chi connectivity index (χ4n) is 3.49. The Morgan fingerprint density at radius 1 is 1.19 bits per heavy atom. The molecule has 3 aromatic rings. The molecule has 0 saturated heterocycles. The highest BCUT2D eigenvalue weighted by atomic mass is 32.2. The first-order chi connectivity index (χ1) is 15.0. The monoisotopic (exact) mass is 470 g/mol. The third-order valence-corrected chi connectivity index (χ3v) is 6.64. The van der Waals surface area contributed by atoms with Crippen LogP contribution in [0.2, 0.25) is 0 Å². The van der Waals surface area contributed by atoms with E-state index in [0.717, 1.165) is 47.1 Å². The Morgan fingerprint density at radius 2 is 1.88 bits per heavy atom. The van der Waals surface area contributed by atoms with Crippen LogP contribution in [-0.4, -0.2) is 43.3 Å². The number of benzene rings is 2. The summed E-state index contributed by atoms with van der Waals surface area (Å²) in [5.41, 5.74) is 3.79. The number of aliphatic carboxylic acids is 1. The highest BCUT2D eigenvalue weighted by molar-refractivity contribution is 7.90. The Balaban J connectivity index is 0.000000360. The van der Waals surface area contributed by atoms with Crippen LogP contribution in [0, 0.1) is 6.92 Å². The van der Waals surface area contributed by atoms with Crippen molar-refractivity contribution in [2.75, 3.05) is 13.7 Å². The average Bonchev–Trinajstić information content (AvgIpc) is 2.98. The maximum absolute atomic E-state index is 13.4. The summed E-state index contributed by atoms with van der Waals surface area (Å²) in [7, 11) is -2.26. The smallest absolute Gasteiger partial charge is 0.490 e. The number of nitrogens with one attached hydrogen (secondary N) is 1. The van der Waals surface area contributed by atoms with Gasteiger partial charge in [-0.3, -0.25) is 0 Å². The fourth-order valence-corrected chi connectivity index (χ4v) is 5.12. The van der Waals surface area contributed by atoms with Gasteiger partial charge in [0.25, 0.3) is 10.0 Å². The van der Waals surface area contributed by atoms with Gasteiger partial charge in [-0.05, 0) is 54.8 Å². The lowest BCUT2D eigenvalue weighted by Crippen LogP contribution is -2.21. The van der Waals surface area contributed by atoms with Gasteiger partial charge >= 0.3 is 12.1 Å². The summed E-state index contributed by atoms with van der Waals surface area (Å²) < 4.78 is 65.2. The van der Waals surface area contributed by atoms with Gasteiger partial charge in [0.2, 0.25) is 0 Å². The van der Waals surface area contributed by atoms with Crippen molar-refractivity contribution in [3.8, 4) is 5.75 Å². The van der Waals surface area contributed by atoms with E-state index < -0.39 is 22.2 Å². The van der Waals surface area contributed by atoms with E-state index in [9.17, 15) is 21.6 Å². The molecule has 0 fully saturated rings. The number of aryl methyl sites for hydroxylation is 1. The van der Waals surface area contributed by atoms with Crippen molar-refractivity contribution in [3.05, 3.63) is 59.3 Å². The second-order valence-corrected chi connectivity index (χ2v) is 8.93. The van der Waals surface area contributed by atoms with Gasteiger partial charge in [-0.1, -0.05) is 18.2 Å². The van der Waals surface area contributed by atoms with Gasteiger partial charge in [0, 0.05) is 18.1 Å². The summed E-state index contributed by atoms with van der Waals surface area (Å²) in [4.78, 5) is 9.09. The van der Waals surface area contributed by atoms with Crippen LogP contribution < -0.4 is 10.1 Å². The molecular formula is C21H21F3N2O5S. The number of carboxylic acids is 1. The van der Waals surface area contributed by atoms with E-state index in [1.54, 1.807) is 18.3 Å².